The smallest absolute Gasteiger partial charge is 0.228 e. The Kier molecular flexibility index (Phi) is 9.68. The first-order valence-electron chi connectivity index (χ1n) is 7.19. The van der Waals surface area contributed by atoms with E-state index in [1.165, 1.54) is 11.3 Å². The Hall–Kier alpha value is -0.890. The Labute approximate surface area is 153 Å². The fourth-order valence-corrected chi connectivity index (χ4v) is 2.86. The van der Waals surface area contributed by atoms with Crippen molar-refractivity contribution in [2.75, 3.05) is 25.5 Å². The van der Waals surface area contributed by atoms with Gasteiger partial charge in [-0.25, -0.2) is 4.98 Å². The van der Waals surface area contributed by atoms with Crippen molar-refractivity contribution >= 4 is 53.1 Å². The quantitative estimate of drug-likeness (QED) is 0.815. The maximum absolute atomic E-state index is 12.2. The lowest BCUT2D eigenvalue weighted by Gasteiger charge is -2.23. The maximum atomic E-state index is 12.2. The molecule has 1 saturated heterocycles. The fourth-order valence-electron chi connectivity index (χ4n) is 2.15. The molecule has 1 aliphatic heterocycles. The van der Waals surface area contributed by atoms with Gasteiger partial charge >= 0.3 is 0 Å². The van der Waals surface area contributed by atoms with Crippen molar-refractivity contribution in [2.24, 2.45) is 5.92 Å². The van der Waals surface area contributed by atoms with Crippen LogP contribution in [0.1, 0.15) is 26.0 Å². The fraction of sp³-hybridized carbons (Fsp3) is 0.643. The van der Waals surface area contributed by atoms with Crippen molar-refractivity contribution in [1.82, 2.24) is 15.2 Å². The van der Waals surface area contributed by atoms with Crippen molar-refractivity contribution < 1.29 is 9.59 Å². The van der Waals surface area contributed by atoms with Crippen LogP contribution in [0.5, 0.6) is 0 Å². The second-order valence-corrected chi connectivity index (χ2v) is 6.47. The van der Waals surface area contributed by atoms with Crippen LogP contribution in [0.15, 0.2) is 5.38 Å². The van der Waals surface area contributed by atoms with Crippen molar-refractivity contribution in [3.8, 4) is 0 Å². The lowest BCUT2D eigenvalue weighted by Crippen LogP contribution is -2.39. The number of nitrogens with one attached hydrogen (secondary N) is 2. The van der Waals surface area contributed by atoms with Crippen LogP contribution in [-0.4, -0.2) is 47.9 Å². The number of halogens is 2. The molecule has 0 aliphatic carbocycles. The molecule has 0 saturated carbocycles. The van der Waals surface area contributed by atoms with E-state index in [4.69, 9.17) is 0 Å². The first-order chi connectivity index (χ1) is 9.97. The average Bonchev–Trinajstić information content (AvgIpc) is 3.09. The standard InChI is InChI=1S/C14H22N4O2S.2ClH/c1-9(2)13(20)17-14-16-10(8-21-14)6-12(19)18(3)11-4-5-15-7-11;;/h8-9,11,15H,4-7H2,1-3H3,(H,16,17,20);2*1H. The van der Waals surface area contributed by atoms with E-state index >= 15 is 0 Å². The minimum absolute atomic E-state index is 0. The van der Waals surface area contributed by atoms with Crippen LogP contribution in [0.3, 0.4) is 0 Å². The van der Waals surface area contributed by atoms with Crippen molar-refractivity contribution in [1.29, 1.82) is 0 Å². The van der Waals surface area contributed by atoms with E-state index in [1.807, 2.05) is 26.3 Å². The SMILES string of the molecule is CC(C)C(=O)Nc1nc(CC(=O)N(C)C2CCNC2)cs1.Cl.Cl. The summed E-state index contributed by atoms with van der Waals surface area (Å²) >= 11 is 1.36. The average molecular weight is 383 g/mol. The number of hydrogen-bond donors (Lipinski definition) is 2. The number of likely N-dealkylation sites (N-methyl/N-ethyl adjacent to an activating group) is 1. The Morgan fingerprint density at radius 3 is 2.74 bits per heavy atom. The van der Waals surface area contributed by atoms with E-state index in [9.17, 15) is 9.59 Å². The topological polar surface area (TPSA) is 74.3 Å². The first kappa shape index (κ1) is 22.1. The largest absolute Gasteiger partial charge is 0.341 e. The third-order valence-electron chi connectivity index (χ3n) is 3.61. The van der Waals surface area contributed by atoms with Crippen LogP contribution in [0.4, 0.5) is 5.13 Å². The van der Waals surface area contributed by atoms with E-state index < -0.39 is 0 Å². The summed E-state index contributed by atoms with van der Waals surface area (Å²) < 4.78 is 0. The number of aromatic nitrogens is 1. The molecule has 0 bridgehead atoms. The third kappa shape index (κ3) is 6.25. The number of amides is 2. The van der Waals surface area contributed by atoms with Crippen LogP contribution in [-0.2, 0) is 16.0 Å². The van der Waals surface area contributed by atoms with Gasteiger partial charge in [0.05, 0.1) is 12.1 Å². The van der Waals surface area contributed by atoms with Crippen LogP contribution in [0.2, 0.25) is 0 Å². The number of carbonyl (C=O) groups excluding carboxylic acids is 2. The van der Waals surface area contributed by atoms with Crippen molar-refractivity contribution in [3.63, 3.8) is 0 Å². The highest BCUT2D eigenvalue weighted by molar-refractivity contribution is 7.13. The van der Waals surface area contributed by atoms with Crippen molar-refractivity contribution in [3.05, 3.63) is 11.1 Å². The van der Waals surface area contributed by atoms with Crippen LogP contribution in [0.25, 0.3) is 0 Å². The molecule has 132 valence electrons. The normalized spacial score (nSPS) is 16.4. The first-order valence-corrected chi connectivity index (χ1v) is 8.07. The van der Waals surface area contributed by atoms with Gasteiger partial charge in [0, 0.05) is 30.9 Å². The zero-order chi connectivity index (χ0) is 15.4. The maximum Gasteiger partial charge on any atom is 0.228 e. The summed E-state index contributed by atoms with van der Waals surface area (Å²) in [4.78, 5) is 29.9. The monoisotopic (exact) mass is 382 g/mol. The summed E-state index contributed by atoms with van der Waals surface area (Å²) in [5.74, 6) is -0.0768. The number of hydrogen-bond acceptors (Lipinski definition) is 5. The lowest BCUT2D eigenvalue weighted by molar-refractivity contribution is -0.131. The van der Waals surface area contributed by atoms with Gasteiger partial charge in [0.2, 0.25) is 11.8 Å². The second kappa shape index (κ2) is 10.1. The minimum atomic E-state index is -0.0834. The summed E-state index contributed by atoms with van der Waals surface area (Å²) in [5.41, 5.74) is 0.710. The van der Waals surface area contributed by atoms with Crippen LogP contribution < -0.4 is 10.6 Å². The van der Waals surface area contributed by atoms with E-state index in [2.05, 4.69) is 15.6 Å². The zero-order valence-electron chi connectivity index (χ0n) is 13.5. The van der Waals surface area contributed by atoms with Gasteiger partial charge in [-0.05, 0) is 13.0 Å². The molecule has 1 fully saturated rings. The molecular formula is C14H24Cl2N4O2S. The number of thiazole rings is 1. The Bertz CT molecular complexity index is 519. The van der Waals surface area contributed by atoms with Gasteiger partial charge in [-0.2, -0.15) is 0 Å². The molecule has 2 heterocycles. The van der Waals surface area contributed by atoms with Crippen molar-refractivity contribution in [2.45, 2.75) is 32.7 Å². The molecule has 2 amide bonds. The van der Waals surface area contributed by atoms with Gasteiger partial charge in [-0.15, -0.1) is 36.2 Å². The Morgan fingerprint density at radius 2 is 2.17 bits per heavy atom. The molecule has 0 aromatic carbocycles. The van der Waals surface area contributed by atoms with Gasteiger partial charge in [0.25, 0.3) is 0 Å². The number of carbonyl (C=O) groups is 2. The molecule has 2 N–H and O–H groups in total. The summed E-state index contributed by atoms with van der Waals surface area (Å²) in [5, 5.41) is 8.39. The molecule has 1 unspecified atom stereocenters. The molecule has 6 nitrogen and oxygen atoms in total. The number of nitrogens with zero attached hydrogens (tertiary/aromatic N) is 2. The predicted molar refractivity (Wildman–Crippen MR) is 97.8 cm³/mol. The molecule has 0 radical (unpaired) electrons. The minimum Gasteiger partial charge on any atom is -0.341 e. The van der Waals surface area contributed by atoms with Crippen LogP contribution in [0, 0.1) is 5.92 Å². The highest BCUT2D eigenvalue weighted by Gasteiger charge is 2.23. The van der Waals surface area contributed by atoms with Gasteiger partial charge in [-0.1, -0.05) is 13.8 Å². The van der Waals surface area contributed by atoms with Crippen LogP contribution >= 0.6 is 36.2 Å². The lowest BCUT2D eigenvalue weighted by atomic mass is 10.2. The summed E-state index contributed by atoms with van der Waals surface area (Å²) in [6.45, 7) is 5.48. The van der Waals surface area contributed by atoms with E-state index in [1.54, 1.807) is 4.90 Å². The molecule has 1 aromatic rings. The molecule has 1 aromatic heterocycles. The molecule has 9 heteroatoms. The molecular weight excluding hydrogens is 359 g/mol. The van der Waals surface area contributed by atoms with E-state index in [-0.39, 0.29) is 55.0 Å². The predicted octanol–water partition coefficient (Wildman–Crippen LogP) is 1.94. The molecule has 23 heavy (non-hydrogen) atoms. The third-order valence-corrected chi connectivity index (χ3v) is 4.42. The van der Waals surface area contributed by atoms with E-state index in [0.717, 1.165) is 19.5 Å². The highest BCUT2D eigenvalue weighted by atomic mass is 35.5. The molecule has 1 aliphatic rings. The Morgan fingerprint density at radius 1 is 1.48 bits per heavy atom. The highest BCUT2D eigenvalue weighted by Crippen LogP contribution is 2.18. The van der Waals surface area contributed by atoms with E-state index in [0.29, 0.717) is 10.8 Å². The van der Waals surface area contributed by atoms with Gasteiger partial charge < -0.3 is 15.5 Å². The van der Waals surface area contributed by atoms with Gasteiger partial charge in [0.1, 0.15) is 0 Å². The molecule has 0 spiro atoms. The number of anilines is 1. The second-order valence-electron chi connectivity index (χ2n) is 5.62. The summed E-state index contributed by atoms with van der Waals surface area (Å²) in [6, 6.07) is 0.274. The van der Waals surface area contributed by atoms with Gasteiger partial charge in [0.15, 0.2) is 5.13 Å². The Balaban J connectivity index is 0.00000242. The molecule has 1 atom stereocenters. The molecule has 2 rings (SSSR count). The zero-order valence-corrected chi connectivity index (χ0v) is 15.9. The summed E-state index contributed by atoms with van der Waals surface area (Å²) in [7, 11) is 1.84. The summed E-state index contributed by atoms with van der Waals surface area (Å²) in [6.07, 6.45) is 1.27. The number of rotatable bonds is 5. The van der Waals surface area contributed by atoms with Gasteiger partial charge in [-0.3, -0.25) is 9.59 Å².